The number of fused-ring (bicyclic) bond motifs is 3. The zero-order valence-corrected chi connectivity index (χ0v) is 36.4. The Kier molecular flexibility index (Phi) is 11.0. The second kappa shape index (κ2) is 16.9. The first-order valence-corrected chi connectivity index (χ1v) is 21.8. The maximum atomic E-state index is 13.3. The highest BCUT2D eigenvalue weighted by Crippen LogP contribution is 2.56. The number of hydrogen-bond donors (Lipinski definition) is 0. The van der Waals surface area contributed by atoms with Gasteiger partial charge in [0.15, 0.2) is 11.6 Å². The lowest BCUT2D eigenvalue weighted by atomic mass is 9.67. The summed E-state index contributed by atoms with van der Waals surface area (Å²) in [4.78, 5) is 26.5. The minimum Gasteiger partial charge on any atom is -0.483 e. The van der Waals surface area contributed by atoms with Crippen LogP contribution in [0.3, 0.4) is 0 Å². The molecule has 1 unspecified atom stereocenters. The fourth-order valence-corrected chi connectivity index (χ4v) is 9.01. The third-order valence-corrected chi connectivity index (χ3v) is 12.8. The van der Waals surface area contributed by atoms with E-state index in [4.69, 9.17) is 9.47 Å². The summed E-state index contributed by atoms with van der Waals surface area (Å²) >= 11 is 0. The quantitative estimate of drug-likeness (QED) is 0.109. The summed E-state index contributed by atoms with van der Waals surface area (Å²) in [5.74, 6) is 2.52. The van der Waals surface area contributed by atoms with E-state index in [1.54, 1.807) is 0 Å². The van der Waals surface area contributed by atoms with Crippen LogP contribution < -0.4 is 9.47 Å². The van der Waals surface area contributed by atoms with Crippen molar-refractivity contribution in [3.8, 4) is 28.4 Å². The number of carbonyl (C=O) groups excluding carboxylic acids is 2. The first kappa shape index (κ1) is 41.1. The molecule has 0 heterocycles. The van der Waals surface area contributed by atoms with Crippen LogP contribution in [0.1, 0.15) is 111 Å². The lowest BCUT2D eigenvalue weighted by molar-refractivity contribution is 0.0824. The van der Waals surface area contributed by atoms with Gasteiger partial charge in [0.1, 0.15) is 22.8 Å². The molecule has 0 aliphatic heterocycles. The van der Waals surface area contributed by atoms with Crippen molar-refractivity contribution in [3.05, 3.63) is 255 Å². The number of hydrogen-bond acceptors (Lipinski definition) is 4. The Hall–Kier alpha value is -7.30. The molecular weight excluding hydrogens is 773 g/mol. The van der Waals surface area contributed by atoms with Crippen molar-refractivity contribution < 1.29 is 19.1 Å². The van der Waals surface area contributed by atoms with E-state index in [0.717, 1.165) is 34.4 Å². The summed E-state index contributed by atoms with van der Waals surface area (Å²) in [5.41, 5.74) is 11.8. The fraction of sp³-hybridized carbons (Fsp3) is 0.153. The van der Waals surface area contributed by atoms with Crippen LogP contribution >= 0.6 is 0 Å². The van der Waals surface area contributed by atoms with E-state index in [1.807, 2.05) is 116 Å². The summed E-state index contributed by atoms with van der Waals surface area (Å²) in [6.07, 6.45) is 0.730. The van der Waals surface area contributed by atoms with E-state index in [2.05, 4.69) is 113 Å². The maximum Gasteiger partial charge on any atom is 0.193 e. The second-order valence-corrected chi connectivity index (χ2v) is 17.1. The van der Waals surface area contributed by atoms with Crippen LogP contribution in [0.2, 0.25) is 0 Å². The minimum absolute atomic E-state index is 0.00529. The maximum absolute atomic E-state index is 13.3. The van der Waals surface area contributed by atoms with E-state index in [1.165, 1.54) is 27.8 Å². The zero-order chi connectivity index (χ0) is 43.7. The van der Waals surface area contributed by atoms with Gasteiger partial charge in [0.2, 0.25) is 0 Å². The molecule has 0 aromatic heterocycles. The van der Waals surface area contributed by atoms with Gasteiger partial charge in [0, 0.05) is 22.3 Å². The predicted molar refractivity (Wildman–Crippen MR) is 254 cm³/mol. The Morgan fingerprint density at radius 3 is 1.37 bits per heavy atom. The van der Waals surface area contributed by atoms with Crippen molar-refractivity contribution in [1.82, 2.24) is 0 Å². The largest absolute Gasteiger partial charge is 0.483 e. The Morgan fingerprint density at radius 1 is 0.508 bits per heavy atom. The third kappa shape index (κ3) is 7.67. The lowest BCUT2D eigenvalue weighted by Gasteiger charge is -2.34. The van der Waals surface area contributed by atoms with Gasteiger partial charge in [-0.1, -0.05) is 172 Å². The summed E-state index contributed by atoms with van der Waals surface area (Å²) < 4.78 is 13.2. The van der Waals surface area contributed by atoms with Crippen LogP contribution in [0, 0.1) is 6.92 Å². The molecule has 1 atom stereocenters. The van der Waals surface area contributed by atoms with E-state index >= 15 is 0 Å². The molecule has 0 spiro atoms. The summed E-state index contributed by atoms with van der Waals surface area (Å²) in [7, 11) is 0. The van der Waals surface area contributed by atoms with Crippen LogP contribution in [0.25, 0.3) is 11.1 Å². The highest BCUT2D eigenvalue weighted by atomic mass is 16.5. The first-order valence-electron chi connectivity index (χ1n) is 21.8. The van der Waals surface area contributed by atoms with Crippen LogP contribution in [-0.2, 0) is 11.0 Å². The summed E-state index contributed by atoms with van der Waals surface area (Å²) in [6, 6.07) is 65.0. The van der Waals surface area contributed by atoms with E-state index in [9.17, 15) is 9.59 Å². The summed E-state index contributed by atoms with van der Waals surface area (Å²) in [6.45, 7) is 10.5. The van der Waals surface area contributed by atoms with Gasteiger partial charge in [0.25, 0.3) is 0 Å². The van der Waals surface area contributed by atoms with Gasteiger partial charge in [-0.25, -0.2) is 0 Å². The number of rotatable bonds is 13. The van der Waals surface area contributed by atoms with Gasteiger partial charge in [-0.3, -0.25) is 9.59 Å². The van der Waals surface area contributed by atoms with Crippen LogP contribution in [-0.4, -0.2) is 11.6 Å². The molecule has 0 bridgehead atoms. The van der Waals surface area contributed by atoms with Gasteiger partial charge in [0.05, 0.1) is 5.41 Å². The van der Waals surface area contributed by atoms with Crippen LogP contribution in [0.15, 0.2) is 194 Å². The normalized spacial score (nSPS) is 13.4. The van der Waals surface area contributed by atoms with Gasteiger partial charge in [-0.15, -0.1) is 0 Å². The van der Waals surface area contributed by atoms with Crippen molar-refractivity contribution in [3.63, 3.8) is 0 Å². The molecule has 0 saturated carbocycles. The average molecular weight is 823 g/mol. The molecule has 310 valence electrons. The standard InChI is InChI=1S/C59H50O4/c1-6-58(5,46-27-23-44(24-28-46)56(60)42-17-15-40(4)16-18-42)63-51-37-31-48(32-38-51)59(54-13-9-7-11-52(54)53-12-8-10-14-55(53)59)47-29-35-50(36-30-47)62-49-33-25-45(26-34-49)57(61)43-21-19-41(20-22-43)39(2)3/h7-39H,6H2,1-5H3. The molecule has 1 aliphatic carbocycles. The Morgan fingerprint density at radius 2 is 0.905 bits per heavy atom. The van der Waals surface area contributed by atoms with E-state index < -0.39 is 11.0 Å². The van der Waals surface area contributed by atoms with Crippen molar-refractivity contribution in [2.45, 2.75) is 58.0 Å². The average Bonchev–Trinajstić information content (AvgIpc) is 3.63. The molecule has 0 saturated heterocycles. The molecule has 9 rings (SSSR count). The molecule has 63 heavy (non-hydrogen) atoms. The van der Waals surface area contributed by atoms with Crippen LogP contribution in [0.4, 0.5) is 0 Å². The Balaban J connectivity index is 0.992. The van der Waals surface area contributed by atoms with Gasteiger partial charge >= 0.3 is 0 Å². The van der Waals surface area contributed by atoms with Gasteiger partial charge in [-0.2, -0.15) is 0 Å². The van der Waals surface area contributed by atoms with Crippen molar-refractivity contribution in [1.29, 1.82) is 0 Å². The number of aryl methyl sites for hydroxylation is 1. The van der Waals surface area contributed by atoms with Crippen molar-refractivity contribution in [2.75, 3.05) is 0 Å². The Labute approximate surface area is 370 Å². The molecule has 1 aliphatic rings. The summed E-state index contributed by atoms with van der Waals surface area (Å²) in [5, 5.41) is 0. The van der Waals surface area contributed by atoms with Crippen molar-refractivity contribution >= 4 is 11.6 Å². The fourth-order valence-electron chi connectivity index (χ4n) is 9.01. The Bertz CT molecular complexity index is 2860. The number of ketones is 2. The minimum atomic E-state index is -0.623. The SMILES string of the molecule is CCC(C)(Oc1ccc(C2(c3ccc(Oc4ccc(C(=O)c5ccc(C(C)C)cc5)cc4)cc3)c3ccccc3-c3ccccc32)cc1)c1ccc(C(=O)c2ccc(C)cc2)cc1. The zero-order valence-electron chi connectivity index (χ0n) is 36.4. The molecule has 0 radical (unpaired) electrons. The van der Waals surface area contributed by atoms with Crippen LogP contribution in [0.5, 0.6) is 17.2 Å². The molecule has 4 nitrogen and oxygen atoms in total. The van der Waals surface area contributed by atoms with E-state index in [-0.39, 0.29) is 11.6 Å². The van der Waals surface area contributed by atoms with Gasteiger partial charge < -0.3 is 9.47 Å². The number of carbonyl (C=O) groups is 2. The monoisotopic (exact) mass is 822 g/mol. The lowest BCUT2D eigenvalue weighted by Crippen LogP contribution is -2.29. The number of benzene rings is 8. The predicted octanol–water partition coefficient (Wildman–Crippen LogP) is 14.4. The smallest absolute Gasteiger partial charge is 0.193 e. The third-order valence-electron chi connectivity index (χ3n) is 12.8. The highest BCUT2D eigenvalue weighted by molar-refractivity contribution is 6.09. The van der Waals surface area contributed by atoms with E-state index in [0.29, 0.717) is 39.7 Å². The topological polar surface area (TPSA) is 52.6 Å². The number of ether oxygens (including phenoxy) is 2. The molecular formula is C59H50O4. The highest BCUT2D eigenvalue weighted by Gasteiger charge is 2.46. The van der Waals surface area contributed by atoms with Gasteiger partial charge in [-0.05, 0) is 119 Å². The molecule has 8 aromatic rings. The first-order chi connectivity index (χ1) is 30.6. The van der Waals surface area contributed by atoms with Crippen molar-refractivity contribution in [2.24, 2.45) is 0 Å². The second-order valence-electron chi connectivity index (χ2n) is 17.1. The molecule has 8 aromatic carbocycles. The molecule has 0 N–H and O–H groups in total. The molecule has 0 amide bonds. The molecule has 4 heteroatoms. The molecule has 0 fully saturated rings.